The Morgan fingerprint density at radius 1 is 1.67 bits per heavy atom. The number of hydrazine groups is 1. The zero-order valence-corrected chi connectivity index (χ0v) is 5.83. The number of aliphatic imine (C=N–C) groups is 1. The van der Waals surface area contributed by atoms with Gasteiger partial charge in [0.25, 0.3) is 0 Å². The summed E-state index contributed by atoms with van der Waals surface area (Å²) in [6.07, 6.45) is 0. The van der Waals surface area contributed by atoms with Crippen molar-refractivity contribution in [3.8, 4) is 0 Å². The second-order valence-corrected chi connectivity index (χ2v) is 2.27. The second kappa shape index (κ2) is 2.23. The highest BCUT2D eigenvalue weighted by Crippen LogP contribution is 1.96. The van der Waals surface area contributed by atoms with Crippen LogP contribution in [0.4, 0.5) is 0 Å². The Balaban J connectivity index is 2.57. The molecule has 0 saturated heterocycles. The maximum Gasteiger partial charge on any atom is 0.210 e. The highest BCUT2D eigenvalue weighted by atomic mass is 15.5. The first-order valence-electron chi connectivity index (χ1n) is 2.96. The van der Waals surface area contributed by atoms with Crippen molar-refractivity contribution in [2.24, 2.45) is 10.8 Å². The largest absolute Gasteiger partial charge is 0.348 e. The molecule has 1 rings (SSSR count). The lowest BCUT2D eigenvalue weighted by molar-refractivity contribution is 0.418. The molecule has 0 amide bonds. The lowest BCUT2D eigenvalue weighted by Crippen LogP contribution is -2.42. The molecule has 0 aromatic heterocycles. The molecule has 0 atom stereocenters. The normalized spacial score (nSPS) is 18.1. The van der Waals surface area contributed by atoms with Gasteiger partial charge in [-0.05, 0) is 0 Å². The molecule has 2 N–H and O–H groups in total. The molecule has 0 aromatic rings. The maximum atomic E-state index is 5.54. The van der Waals surface area contributed by atoms with Crippen LogP contribution in [0.5, 0.6) is 0 Å². The molecule has 0 radical (unpaired) electrons. The molecule has 0 fully saturated rings. The van der Waals surface area contributed by atoms with E-state index in [0.717, 1.165) is 19.0 Å². The van der Waals surface area contributed by atoms with Crippen LogP contribution in [0.15, 0.2) is 4.99 Å². The molecular weight excluding hydrogens is 116 g/mol. The minimum atomic E-state index is 0.823. The fourth-order valence-electron chi connectivity index (χ4n) is 0.847. The third-order valence-electron chi connectivity index (χ3n) is 1.25. The van der Waals surface area contributed by atoms with Crippen LogP contribution in [0.25, 0.3) is 0 Å². The van der Waals surface area contributed by atoms with E-state index in [0.29, 0.717) is 0 Å². The average Bonchev–Trinajstić information content (AvgIpc) is 2.13. The van der Waals surface area contributed by atoms with E-state index in [-0.39, 0.29) is 0 Å². The Labute approximate surface area is 54.9 Å². The molecule has 0 spiro atoms. The van der Waals surface area contributed by atoms with Crippen molar-refractivity contribution < 1.29 is 0 Å². The first-order valence-corrected chi connectivity index (χ1v) is 2.96. The Morgan fingerprint density at radius 3 is 2.56 bits per heavy atom. The standard InChI is InChI=1S/C5H12N4/c1-8(2)5-7-3-4-9(5)6/h3-4,6H2,1-2H3. The number of nitrogens with two attached hydrogens (primary N) is 1. The van der Waals surface area contributed by atoms with Crippen LogP contribution in [0.1, 0.15) is 0 Å². The van der Waals surface area contributed by atoms with Crippen molar-refractivity contribution in [2.45, 2.75) is 0 Å². The molecule has 4 nitrogen and oxygen atoms in total. The molecule has 1 aliphatic rings. The van der Waals surface area contributed by atoms with E-state index in [4.69, 9.17) is 5.84 Å². The molecule has 1 heterocycles. The molecule has 0 bridgehead atoms. The molecular formula is C5H12N4. The van der Waals surface area contributed by atoms with Gasteiger partial charge in [-0.15, -0.1) is 0 Å². The average molecular weight is 128 g/mol. The van der Waals surface area contributed by atoms with Gasteiger partial charge in [-0.25, -0.2) is 10.8 Å². The molecule has 0 aliphatic carbocycles. The Bertz CT molecular complexity index is 129. The lowest BCUT2D eigenvalue weighted by Gasteiger charge is -2.19. The van der Waals surface area contributed by atoms with Gasteiger partial charge in [-0.2, -0.15) is 0 Å². The zero-order chi connectivity index (χ0) is 6.85. The van der Waals surface area contributed by atoms with E-state index in [1.807, 2.05) is 19.0 Å². The van der Waals surface area contributed by atoms with Gasteiger partial charge in [0.05, 0.1) is 13.1 Å². The third-order valence-corrected chi connectivity index (χ3v) is 1.25. The molecule has 0 unspecified atom stereocenters. The minimum absolute atomic E-state index is 0.823. The second-order valence-electron chi connectivity index (χ2n) is 2.27. The van der Waals surface area contributed by atoms with Crippen LogP contribution in [0, 0.1) is 0 Å². The van der Waals surface area contributed by atoms with Crippen LogP contribution in [-0.2, 0) is 0 Å². The predicted octanol–water partition coefficient (Wildman–Crippen LogP) is -0.907. The van der Waals surface area contributed by atoms with Gasteiger partial charge in [0.2, 0.25) is 5.96 Å². The first kappa shape index (κ1) is 6.35. The fourth-order valence-corrected chi connectivity index (χ4v) is 0.847. The summed E-state index contributed by atoms with van der Waals surface area (Å²) in [6.45, 7) is 1.66. The minimum Gasteiger partial charge on any atom is -0.348 e. The van der Waals surface area contributed by atoms with E-state index in [9.17, 15) is 0 Å². The van der Waals surface area contributed by atoms with E-state index in [2.05, 4.69) is 4.99 Å². The van der Waals surface area contributed by atoms with Gasteiger partial charge in [0.1, 0.15) is 0 Å². The number of hydrogen-bond donors (Lipinski definition) is 1. The third kappa shape index (κ3) is 1.13. The number of nitrogens with zero attached hydrogens (tertiary/aromatic N) is 3. The summed E-state index contributed by atoms with van der Waals surface area (Å²) < 4.78 is 0. The molecule has 1 aliphatic heterocycles. The SMILES string of the molecule is CN(C)C1=NCCN1N. The topological polar surface area (TPSA) is 44.9 Å². The number of rotatable bonds is 0. The van der Waals surface area contributed by atoms with Crippen molar-refractivity contribution in [3.63, 3.8) is 0 Å². The monoisotopic (exact) mass is 128 g/mol. The molecule has 4 heteroatoms. The fraction of sp³-hybridized carbons (Fsp3) is 0.800. The van der Waals surface area contributed by atoms with Crippen LogP contribution >= 0.6 is 0 Å². The van der Waals surface area contributed by atoms with Crippen molar-refractivity contribution in [1.29, 1.82) is 0 Å². The van der Waals surface area contributed by atoms with E-state index < -0.39 is 0 Å². The van der Waals surface area contributed by atoms with Gasteiger partial charge in [0, 0.05) is 14.1 Å². The molecule has 52 valence electrons. The van der Waals surface area contributed by atoms with Gasteiger partial charge in [0.15, 0.2) is 0 Å². The highest BCUT2D eigenvalue weighted by Gasteiger charge is 2.13. The van der Waals surface area contributed by atoms with Crippen LogP contribution < -0.4 is 5.84 Å². The summed E-state index contributed by atoms with van der Waals surface area (Å²) in [6, 6.07) is 0. The van der Waals surface area contributed by atoms with Gasteiger partial charge in [-0.1, -0.05) is 0 Å². The predicted molar refractivity (Wildman–Crippen MR) is 36.9 cm³/mol. The smallest absolute Gasteiger partial charge is 0.210 e. The highest BCUT2D eigenvalue weighted by molar-refractivity contribution is 5.80. The summed E-state index contributed by atoms with van der Waals surface area (Å²) in [5.74, 6) is 6.41. The van der Waals surface area contributed by atoms with Crippen LogP contribution in [0.2, 0.25) is 0 Å². The van der Waals surface area contributed by atoms with Gasteiger partial charge < -0.3 is 4.90 Å². The van der Waals surface area contributed by atoms with E-state index in [1.165, 1.54) is 0 Å². The molecule has 9 heavy (non-hydrogen) atoms. The summed E-state index contributed by atoms with van der Waals surface area (Å²) in [5, 5.41) is 1.65. The molecule has 0 saturated carbocycles. The van der Waals surface area contributed by atoms with Gasteiger partial charge in [-0.3, -0.25) is 5.01 Å². The maximum absolute atomic E-state index is 5.54. The number of guanidine groups is 1. The first-order chi connectivity index (χ1) is 4.22. The molecule has 0 aromatic carbocycles. The van der Waals surface area contributed by atoms with E-state index >= 15 is 0 Å². The van der Waals surface area contributed by atoms with Crippen molar-refractivity contribution >= 4 is 5.96 Å². The summed E-state index contributed by atoms with van der Waals surface area (Å²) in [7, 11) is 3.87. The summed E-state index contributed by atoms with van der Waals surface area (Å²) >= 11 is 0. The van der Waals surface area contributed by atoms with Crippen LogP contribution in [0.3, 0.4) is 0 Å². The van der Waals surface area contributed by atoms with Crippen molar-refractivity contribution in [3.05, 3.63) is 0 Å². The number of hydrogen-bond acceptors (Lipinski definition) is 4. The van der Waals surface area contributed by atoms with Gasteiger partial charge >= 0.3 is 0 Å². The Kier molecular flexibility index (Phi) is 1.57. The van der Waals surface area contributed by atoms with E-state index in [1.54, 1.807) is 5.01 Å². The van der Waals surface area contributed by atoms with Crippen molar-refractivity contribution in [1.82, 2.24) is 9.91 Å². The summed E-state index contributed by atoms with van der Waals surface area (Å²) in [4.78, 5) is 6.07. The van der Waals surface area contributed by atoms with Crippen LogP contribution in [-0.4, -0.2) is 43.1 Å². The Hall–Kier alpha value is -0.770. The zero-order valence-electron chi connectivity index (χ0n) is 5.83. The Morgan fingerprint density at radius 2 is 2.33 bits per heavy atom. The lowest BCUT2D eigenvalue weighted by atomic mass is 10.7. The quantitative estimate of drug-likeness (QED) is 0.430. The van der Waals surface area contributed by atoms with Crippen molar-refractivity contribution in [2.75, 3.05) is 27.2 Å². The summed E-state index contributed by atoms with van der Waals surface area (Å²) in [5.41, 5.74) is 0.